The minimum Gasteiger partial charge on any atom is -0.369 e. The van der Waals surface area contributed by atoms with Gasteiger partial charge in [-0.05, 0) is 51.0 Å². The van der Waals surface area contributed by atoms with Crippen molar-refractivity contribution in [3.05, 3.63) is 29.6 Å². The van der Waals surface area contributed by atoms with Gasteiger partial charge in [-0.25, -0.2) is 4.39 Å². The Morgan fingerprint density at radius 3 is 2.41 bits per heavy atom. The fourth-order valence-corrected chi connectivity index (χ4v) is 2.09. The second-order valence-corrected chi connectivity index (χ2v) is 4.54. The third-order valence-corrected chi connectivity index (χ3v) is 3.25. The average Bonchev–Trinajstić information content (AvgIpc) is 2.31. The highest BCUT2D eigenvalue weighted by atomic mass is 19.1. The van der Waals surface area contributed by atoms with Crippen LogP contribution >= 0.6 is 0 Å². The first-order valence-electron chi connectivity index (χ1n) is 6.32. The van der Waals surface area contributed by atoms with Gasteiger partial charge in [0.15, 0.2) is 0 Å². The number of halogens is 1. The molecule has 0 saturated heterocycles. The van der Waals surface area contributed by atoms with Gasteiger partial charge in [-0.15, -0.1) is 0 Å². The van der Waals surface area contributed by atoms with Crippen LogP contribution in [0.1, 0.15) is 45.7 Å². The lowest BCUT2D eigenvalue weighted by atomic mass is 10.0. The number of nitrogens with zero attached hydrogens (tertiary/aromatic N) is 1. The Morgan fingerprint density at radius 1 is 1.29 bits per heavy atom. The van der Waals surface area contributed by atoms with Gasteiger partial charge in [0.05, 0.1) is 0 Å². The first-order valence-corrected chi connectivity index (χ1v) is 6.32. The van der Waals surface area contributed by atoms with Crippen LogP contribution in [0.4, 0.5) is 10.1 Å². The molecular weight excluding hydrogens is 215 g/mol. The van der Waals surface area contributed by atoms with Gasteiger partial charge in [0, 0.05) is 24.3 Å². The predicted octanol–water partition coefficient (Wildman–Crippen LogP) is 3.47. The second kappa shape index (κ2) is 6.01. The molecule has 0 amide bonds. The Kier molecular flexibility index (Phi) is 4.94. The molecule has 2 N–H and O–H groups in total. The molecule has 3 heteroatoms. The maximum atomic E-state index is 13.3. The van der Waals surface area contributed by atoms with Crippen molar-refractivity contribution in [3.63, 3.8) is 0 Å². The summed E-state index contributed by atoms with van der Waals surface area (Å²) < 4.78 is 13.3. The van der Waals surface area contributed by atoms with E-state index >= 15 is 0 Å². The molecule has 0 aliphatic heterocycles. The van der Waals surface area contributed by atoms with Crippen LogP contribution in [0.5, 0.6) is 0 Å². The van der Waals surface area contributed by atoms with Crippen molar-refractivity contribution in [2.45, 2.75) is 46.2 Å². The molecule has 0 saturated carbocycles. The number of benzene rings is 1. The summed E-state index contributed by atoms with van der Waals surface area (Å²) in [4.78, 5) is 2.28. The average molecular weight is 238 g/mol. The lowest BCUT2D eigenvalue weighted by Crippen LogP contribution is -2.33. The van der Waals surface area contributed by atoms with E-state index in [1.807, 2.05) is 13.0 Å². The van der Waals surface area contributed by atoms with Crippen LogP contribution in [-0.4, -0.2) is 12.6 Å². The summed E-state index contributed by atoms with van der Waals surface area (Å²) in [5, 5.41) is 0. The zero-order valence-corrected chi connectivity index (χ0v) is 11.2. The van der Waals surface area contributed by atoms with Crippen molar-refractivity contribution in [1.82, 2.24) is 0 Å². The van der Waals surface area contributed by atoms with Crippen molar-refractivity contribution >= 4 is 5.69 Å². The van der Waals surface area contributed by atoms with Crippen molar-refractivity contribution < 1.29 is 4.39 Å². The highest BCUT2D eigenvalue weighted by Gasteiger charge is 2.17. The van der Waals surface area contributed by atoms with Crippen LogP contribution in [0.3, 0.4) is 0 Å². The summed E-state index contributed by atoms with van der Waals surface area (Å²) in [6.07, 6.45) is 1.06. The number of rotatable bonds is 5. The standard InChI is InChI=1S/C14H23FN2/c1-5-10(3)17(6-2)14-8-7-12(15)9-13(14)11(4)16/h7-11H,5-6,16H2,1-4H3/t10?,11-/m0/s1. The maximum absolute atomic E-state index is 13.3. The molecule has 96 valence electrons. The molecule has 0 bridgehead atoms. The van der Waals surface area contributed by atoms with E-state index in [0.29, 0.717) is 6.04 Å². The smallest absolute Gasteiger partial charge is 0.123 e. The molecule has 2 atom stereocenters. The SMILES string of the molecule is CCC(C)N(CC)c1ccc(F)cc1[C@H](C)N. The van der Waals surface area contributed by atoms with Crippen LogP contribution in [0, 0.1) is 5.82 Å². The van der Waals surface area contributed by atoms with E-state index in [2.05, 4.69) is 25.7 Å². The molecule has 0 spiro atoms. The molecule has 1 aromatic rings. The van der Waals surface area contributed by atoms with E-state index in [0.717, 1.165) is 24.2 Å². The predicted molar refractivity (Wildman–Crippen MR) is 71.8 cm³/mol. The Hall–Kier alpha value is -1.09. The Labute approximate surface area is 104 Å². The van der Waals surface area contributed by atoms with Crippen LogP contribution in [0.2, 0.25) is 0 Å². The van der Waals surface area contributed by atoms with E-state index in [4.69, 9.17) is 5.73 Å². The van der Waals surface area contributed by atoms with E-state index in [1.54, 1.807) is 6.07 Å². The first-order chi connectivity index (χ1) is 8.01. The molecule has 2 nitrogen and oxygen atoms in total. The number of hydrogen-bond acceptors (Lipinski definition) is 2. The fourth-order valence-electron chi connectivity index (χ4n) is 2.09. The third kappa shape index (κ3) is 3.19. The highest BCUT2D eigenvalue weighted by Crippen LogP contribution is 2.28. The first kappa shape index (κ1) is 14.0. The molecule has 0 aliphatic rings. The van der Waals surface area contributed by atoms with Crippen molar-refractivity contribution in [2.24, 2.45) is 5.73 Å². The summed E-state index contributed by atoms with van der Waals surface area (Å²) in [7, 11) is 0. The molecule has 0 radical (unpaired) electrons. The van der Waals surface area contributed by atoms with Gasteiger partial charge in [-0.1, -0.05) is 6.92 Å². The van der Waals surface area contributed by atoms with E-state index in [-0.39, 0.29) is 11.9 Å². The quantitative estimate of drug-likeness (QED) is 0.851. The molecule has 0 aromatic heterocycles. The van der Waals surface area contributed by atoms with E-state index in [9.17, 15) is 4.39 Å². The van der Waals surface area contributed by atoms with Crippen molar-refractivity contribution in [3.8, 4) is 0 Å². The summed E-state index contributed by atoms with van der Waals surface area (Å²) in [6, 6.07) is 5.17. The van der Waals surface area contributed by atoms with Gasteiger partial charge >= 0.3 is 0 Å². The second-order valence-electron chi connectivity index (χ2n) is 4.54. The zero-order chi connectivity index (χ0) is 13.0. The van der Waals surface area contributed by atoms with Gasteiger partial charge in [-0.2, -0.15) is 0 Å². The Morgan fingerprint density at radius 2 is 1.94 bits per heavy atom. The molecule has 17 heavy (non-hydrogen) atoms. The lowest BCUT2D eigenvalue weighted by Gasteiger charge is -2.32. The molecule has 0 fully saturated rings. The Bertz CT molecular complexity index is 363. The summed E-state index contributed by atoms with van der Waals surface area (Å²) >= 11 is 0. The fraction of sp³-hybridized carbons (Fsp3) is 0.571. The largest absolute Gasteiger partial charge is 0.369 e. The zero-order valence-electron chi connectivity index (χ0n) is 11.2. The monoisotopic (exact) mass is 238 g/mol. The number of anilines is 1. The van der Waals surface area contributed by atoms with Crippen LogP contribution in [-0.2, 0) is 0 Å². The van der Waals surface area contributed by atoms with E-state index < -0.39 is 0 Å². The van der Waals surface area contributed by atoms with Crippen LogP contribution < -0.4 is 10.6 Å². The molecule has 0 heterocycles. The van der Waals surface area contributed by atoms with E-state index in [1.165, 1.54) is 6.07 Å². The molecular formula is C14H23FN2. The minimum atomic E-state index is -0.221. The van der Waals surface area contributed by atoms with Gasteiger partial charge in [0.2, 0.25) is 0 Å². The van der Waals surface area contributed by atoms with Gasteiger partial charge in [0.25, 0.3) is 0 Å². The normalized spacial score (nSPS) is 14.5. The minimum absolute atomic E-state index is 0.154. The van der Waals surface area contributed by atoms with Crippen LogP contribution in [0.15, 0.2) is 18.2 Å². The molecule has 1 aromatic carbocycles. The summed E-state index contributed by atoms with van der Waals surface area (Å²) in [5.41, 5.74) is 7.86. The van der Waals surface area contributed by atoms with Crippen molar-refractivity contribution in [1.29, 1.82) is 0 Å². The van der Waals surface area contributed by atoms with Gasteiger partial charge in [-0.3, -0.25) is 0 Å². The number of nitrogens with two attached hydrogens (primary N) is 1. The highest BCUT2D eigenvalue weighted by molar-refractivity contribution is 5.55. The van der Waals surface area contributed by atoms with Gasteiger partial charge in [0.1, 0.15) is 5.82 Å². The maximum Gasteiger partial charge on any atom is 0.123 e. The molecule has 1 rings (SSSR count). The Balaban J connectivity index is 3.18. The molecule has 0 aliphatic carbocycles. The van der Waals surface area contributed by atoms with Gasteiger partial charge < -0.3 is 10.6 Å². The summed E-state index contributed by atoms with van der Waals surface area (Å²) in [6.45, 7) is 9.24. The lowest BCUT2D eigenvalue weighted by molar-refractivity contribution is 0.608. The number of hydrogen-bond donors (Lipinski definition) is 1. The van der Waals surface area contributed by atoms with Crippen LogP contribution in [0.25, 0.3) is 0 Å². The van der Waals surface area contributed by atoms with Crippen molar-refractivity contribution in [2.75, 3.05) is 11.4 Å². The third-order valence-electron chi connectivity index (χ3n) is 3.25. The topological polar surface area (TPSA) is 29.3 Å². The molecule has 1 unspecified atom stereocenters. The summed E-state index contributed by atoms with van der Waals surface area (Å²) in [5.74, 6) is -0.221.